The molecule has 106 valence electrons. The second kappa shape index (κ2) is 6.10. The van der Waals surface area contributed by atoms with Crippen LogP contribution in [0.1, 0.15) is 11.1 Å². The number of carbonyl (C=O) groups excluding carboxylic acids is 1. The van der Waals surface area contributed by atoms with Crippen LogP contribution in [0.5, 0.6) is 5.75 Å². The van der Waals surface area contributed by atoms with Gasteiger partial charge < -0.3 is 4.74 Å². The van der Waals surface area contributed by atoms with Gasteiger partial charge in [-0.25, -0.2) is 0 Å². The van der Waals surface area contributed by atoms with E-state index in [1.807, 2.05) is 36.4 Å². The first-order valence-corrected chi connectivity index (χ1v) is 7.74. The van der Waals surface area contributed by atoms with Crippen LogP contribution < -0.4 is 4.74 Å². The largest absolute Gasteiger partial charge is 0.497 e. The lowest BCUT2D eigenvalue weighted by molar-refractivity contribution is -0.117. The third-order valence-electron chi connectivity index (χ3n) is 3.51. The lowest BCUT2D eigenvalue weighted by Crippen LogP contribution is -2.06. The standard InChI is InChI=1S/C18H16O2S/c1-20-16-8-6-13(7-9-16)10-15(19)11-14-12-21-18-5-3-2-4-17(14)18/h2-9,12H,10-11H2,1H3. The van der Waals surface area contributed by atoms with Crippen LogP contribution in [-0.2, 0) is 17.6 Å². The molecule has 3 heteroatoms. The minimum atomic E-state index is 0.240. The van der Waals surface area contributed by atoms with Crippen molar-refractivity contribution in [2.45, 2.75) is 12.8 Å². The Morgan fingerprint density at radius 2 is 1.81 bits per heavy atom. The van der Waals surface area contributed by atoms with E-state index in [-0.39, 0.29) is 5.78 Å². The summed E-state index contributed by atoms with van der Waals surface area (Å²) in [6, 6.07) is 15.9. The minimum Gasteiger partial charge on any atom is -0.497 e. The first-order chi connectivity index (χ1) is 10.3. The fraction of sp³-hybridized carbons (Fsp3) is 0.167. The van der Waals surface area contributed by atoms with Crippen LogP contribution in [0.3, 0.4) is 0 Å². The molecule has 0 bridgehead atoms. The van der Waals surface area contributed by atoms with Crippen LogP contribution >= 0.6 is 11.3 Å². The van der Waals surface area contributed by atoms with Crippen LogP contribution in [0, 0.1) is 0 Å². The molecular weight excluding hydrogens is 280 g/mol. The Labute approximate surface area is 128 Å². The Morgan fingerprint density at radius 3 is 2.57 bits per heavy atom. The van der Waals surface area contributed by atoms with Gasteiger partial charge in [-0.2, -0.15) is 0 Å². The van der Waals surface area contributed by atoms with Crippen LogP contribution in [0.25, 0.3) is 10.1 Å². The molecule has 21 heavy (non-hydrogen) atoms. The number of hydrogen-bond donors (Lipinski definition) is 0. The van der Waals surface area contributed by atoms with E-state index in [4.69, 9.17) is 4.74 Å². The number of carbonyl (C=O) groups is 1. The van der Waals surface area contributed by atoms with Gasteiger partial charge in [0.1, 0.15) is 11.5 Å². The fourth-order valence-corrected chi connectivity index (χ4v) is 3.38. The van der Waals surface area contributed by atoms with Gasteiger partial charge >= 0.3 is 0 Å². The monoisotopic (exact) mass is 296 g/mol. The summed E-state index contributed by atoms with van der Waals surface area (Å²) in [6.07, 6.45) is 0.963. The van der Waals surface area contributed by atoms with Crippen molar-refractivity contribution < 1.29 is 9.53 Å². The number of hydrogen-bond acceptors (Lipinski definition) is 3. The molecule has 1 aromatic heterocycles. The van der Waals surface area contributed by atoms with Crippen LogP contribution in [0.15, 0.2) is 53.9 Å². The summed E-state index contributed by atoms with van der Waals surface area (Å²) in [7, 11) is 1.64. The van der Waals surface area contributed by atoms with Gasteiger partial charge in [-0.15, -0.1) is 11.3 Å². The second-order valence-electron chi connectivity index (χ2n) is 5.00. The van der Waals surface area contributed by atoms with E-state index >= 15 is 0 Å². The number of ether oxygens (including phenoxy) is 1. The molecule has 2 nitrogen and oxygen atoms in total. The molecule has 3 aromatic rings. The molecule has 0 aliphatic heterocycles. The maximum absolute atomic E-state index is 12.3. The van der Waals surface area contributed by atoms with E-state index < -0.39 is 0 Å². The van der Waals surface area contributed by atoms with E-state index in [1.54, 1.807) is 18.4 Å². The van der Waals surface area contributed by atoms with Crippen molar-refractivity contribution in [3.63, 3.8) is 0 Å². The zero-order valence-electron chi connectivity index (χ0n) is 11.8. The molecule has 0 aliphatic carbocycles. The van der Waals surface area contributed by atoms with Crippen molar-refractivity contribution in [2.24, 2.45) is 0 Å². The van der Waals surface area contributed by atoms with Crippen LogP contribution in [0.2, 0.25) is 0 Å². The highest BCUT2D eigenvalue weighted by Crippen LogP contribution is 2.26. The molecule has 1 heterocycles. The third kappa shape index (κ3) is 3.14. The summed E-state index contributed by atoms with van der Waals surface area (Å²) in [5, 5.41) is 3.29. The smallest absolute Gasteiger partial charge is 0.141 e. The number of rotatable bonds is 5. The fourth-order valence-electron chi connectivity index (χ4n) is 2.42. The minimum absolute atomic E-state index is 0.240. The van der Waals surface area contributed by atoms with Gasteiger partial charge in [0.2, 0.25) is 0 Å². The van der Waals surface area contributed by atoms with Crippen molar-refractivity contribution in [1.82, 2.24) is 0 Å². The number of benzene rings is 2. The number of Topliss-reactive ketones (excluding diaryl/α,β-unsaturated/α-hetero) is 1. The Balaban J connectivity index is 1.71. The number of thiophene rings is 1. The molecule has 0 aliphatic rings. The molecule has 2 aromatic carbocycles. The third-order valence-corrected chi connectivity index (χ3v) is 4.52. The van der Waals surface area contributed by atoms with Crippen LogP contribution in [-0.4, -0.2) is 12.9 Å². The average molecular weight is 296 g/mol. The highest BCUT2D eigenvalue weighted by atomic mass is 32.1. The van der Waals surface area contributed by atoms with Crippen molar-refractivity contribution in [3.8, 4) is 5.75 Å². The summed E-state index contributed by atoms with van der Waals surface area (Å²) in [4.78, 5) is 12.3. The van der Waals surface area contributed by atoms with Crippen LogP contribution in [0.4, 0.5) is 0 Å². The summed E-state index contributed by atoms with van der Waals surface area (Å²) in [5.41, 5.74) is 2.16. The van der Waals surface area contributed by atoms with Crippen molar-refractivity contribution in [1.29, 1.82) is 0 Å². The van der Waals surface area contributed by atoms with Crippen molar-refractivity contribution in [2.75, 3.05) is 7.11 Å². The summed E-state index contributed by atoms with van der Waals surface area (Å²) in [5.74, 6) is 1.05. The number of methoxy groups -OCH3 is 1. The Hall–Kier alpha value is -2.13. The van der Waals surface area contributed by atoms with Gasteiger partial charge in [0, 0.05) is 17.5 Å². The van der Waals surface area contributed by atoms with Gasteiger partial charge in [-0.05, 0) is 40.1 Å². The van der Waals surface area contributed by atoms with Gasteiger partial charge in [0.25, 0.3) is 0 Å². The number of fused-ring (bicyclic) bond motifs is 1. The second-order valence-corrected chi connectivity index (χ2v) is 5.91. The highest BCUT2D eigenvalue weighted by molar-refractivity contribution is 7.17. The Bertz CT molecular complexity index is 756. The van der Waals surface area contributed by atoms with Gasteiger partial charge in [0.05, 0.1) is 7.11 Å². The SMILES string of the molecule is COc1ccc(CC(=O)Cc2csc3ccccc23)cc1. The van der Waals surface area contributed by atoms with E-state index in [9.17, 15) is 4.79 Å². The lowest BCUT2D eigenvalue weighted by atomic mass is 10.0. The Kier molecular flexibility index (Phi) is 4.02. The van der Waals surface area contributed by atoms with E-state index in [0.717, 1.165) is 16.9 Å². The quantitative estimate of drug-likeness (QED) is 0.703. The summed E-state index contributed by atoms with van der Waals surface area (Å²) < 4.78 is 6.36. The van der Waals surface area contributed by atoms with E-state index in [1.165, 1.54) is 10.1 Å². The number of ketones is 1. The van der Waals surface area contributed by atoms with Gasteiger partial charge in [-0.1, -0.05) is 30.3 Å². The predicted octanol–water partition coefficient (Wildman–Crippen LogP) is 4.26. The summed E-state index contributed by atoms with van der Waals surface area (Å²) >= 11 is 1.70. The van der Waals surface area contributed by atoms with E-state index in [0.29, 0.717) is 12.8 Å². The molecule has 0 atom stereocenters. The molecule has 0 N–H and O–H groups in total. The molecule has 3 rings (SSSR count). The van der Waals surface area contributed by atoms with Gasteiger partial charge in [0.15, 0.2) is 0 Å². The average Bonchev–Trinajstić information content (AvgIpc) is 2.91. The lowest BCUT2D eigenvalue weighted by Gasteiger charge is -2.03. The maximum atomic E-state index is 12.3. The predicted molar refractivity (Wildman–Crippen MR) is 87.2 cm³/mol. The molecule has 0 spiro atoms. The molecule has 0 amide bonds. The Morgan fingerprint density at radius 1 is 1.05 bits per heavy atom. The molecule has 0 unspecified atom stereocenters. The maximum Gasteiger partial charge on any atom is 0.141 e. The van der Waals surface area contributed by atoms with Crippen molar-refractivity contribution >= 4 is 27.2 Å². The molecule has 0 fully saturated rings. The van der Waals surface area contributed by atoms with E-state index in [2.05, 4.69) is 17.5 Å². The molecule has 0 saturated heterocycles. The molecule has 0 saturated carbocycles. The summed E-state index contributed by atoms with van der Waals surface area (Å²) in [6.45, 7) is 0. The highest BCUT2D eigenvalue weighted by Gasteiger charge is 2.09. The van der Waals surface area contributed by atoms with Gasteiger partial charge in [-0.3, -0.25) is 4.79 Å². The zero-order valence-corrected chi connectivity index (χ0v) is 12.7. The topological polar surface area (TPSA) is 26.3 Å². The molecular formula is C18H16O2S. The first-order valence-electron chi connectivity index (χ1n) is 6.86. The normalized spacial score (nSPS) is 10.7. The molecule has 0 radical (unpaired) electrons. The zero-order chi connectivity index (χ0) is 14.7. The van der Waals surface area contributed by atoms with Crippen molar-refractivity contribution in [3.05, 3.63) is 65.0 Å². The first kappa shape index (κ1) is 13.8.